The van der Waals surface area contributed by atoms with Crippen molar-refractivity contribution in [2.45, 2.75) is 25.7 Å². The first-order chi connectivity index (χ1) is 9.57. The number of nitrogens with one attached hydrogen (secondary N) is 2. The number of aryl methyl sites for hydroxylation is 1. The number of hydrogen-bond acceptors (Lipinski definition) is 4. The maximum atomic E-state index is 11.9. The van der Waals surface area contributed by atoms with Crippen molar-refractivity contribution < 1.29 is 8.42 Å². The summed E-state index contributed by atoms with van der Waals surface area (Å²) in [6.07, 6.45) is 5.34. The van der Waals surface area contributed by atoms with Gasteiger partial charge in [0.05, 0.1) is 5.75 Å². The van der Waals surface area contributed by atoms with Gasteiger partial charge in [-0.3, -0.25) is 4.68 Å². The Labute approximate surface area is 121 Å². The number of piperidine rings is 1. The zero-order valence-corrected chi connectivity index (χ0v) is 12.8. The smallest absolute Gasteiger partial charge is 0.211 e. The highest BCUT2D eigenvalue weighted by molar-refractivity contribution is 7.89. The SMILES string of the molecule is Cn1nccc1CCNS(=O)(=O)CCC1CCNCC1. The minimum atomic E-state index is -3.15. The van der Waals surface area contributed by atoms with Crippen LogP contribution in [0.15, 0.2) is 12.3 Å². The van der Waals surface area contributed by atoms with E-state index in [2.05, 4.69) is 15.1 Å². The Bertz CT molecular complexity index is 506. The van der Waals surface area contributed by atoms with E-state index in [9.17, 15) is 8.42 Å². The summed E-state index contributed by atoms with van der Waals surface area (Å²) in [4.78, 5) is 0. The van der Waals surface area contributed by atoms with Gasteiger partial charge in [-0.2, -0.15) is 5.10 Å². The number of sulfonamides is 1. The Morgan fingerprint density at radius 2 is 2.20 bits per heavy atom. The van der Waals surface area contributed by atoms with Crippen LogP contribution in [0.1, 0.15) is 25.0 Å². The van der Waals surface area contributed by atoms with Crippen LogP contribution in [0.3, 0.4) is 0 Å². The topological polar surface area (TPSA) is 76.0 Å². The predicted molar refractivity (Wildman–Crippen MR) is 78.9 cm³/mol. The minimum absolute atomic E-state index is 0.239. The molecule has 1 aromatic rings. The molecule has 20 heavy (non-hydrogen) atoms. The molecule has 1 aliphatic rings. The van der Waals surface area contributed by atoms with E-state index in [0.717, 1.165) is 38.0 Å². The van der Waals surface area contributed by atoms with Crippen molar-refractivity contribution in [3.05, 3.63) is 18.0 Å². The minimum Gasteiger partial charge on any atom is -0.317 e. The summed E-state index contributed by atoms with van der Waals surface area (Å²) in [5.41, 5.74) is 1.03. The number of hydrogen-bond donors (Lipinski definition) is 2. The Hall–Kier alpha value is -0.920. The monoisotopic (exact) mass is 300 g/mol. The summed E-state index contributed by atoms with van der Waals surface area (Å²) >= 11 is 0. The lowest BCUT2D eigenvalue weighted by Gasteiger charge is -2.22. The first-order valence-electron chi connectivity index (χ1n) is 7.22. The van der Waals surface area contributed by atoms with Gasteiger partial charge >= 0.3 is 0 Å². The fourth-order valence-corrected chi connectivity index (χ4v) is 3.75. The summed E-state index contributed by atoms with van der Waals surface area (Å²) in [5, 5.41) is 7.36. The van der Waals surface area contributed by atoms with E-state index in [1.54, 1.807) is 10.9 Å². The van der Waals surface area contributed by atoms with Crippen molar-refractivity contribution in [2.24, 2.45) is 13.0 Å². The molecule has 2 rings (SSSR count). The molecule has 0 amide bonds. The van der Waals surface area contributed by atoms with Gasteiger partial charge in [-0.1, -0.05) is 0 Å². The van der Waals surface area contributed by atoms with E-state index in [1.807, 2.05) is 13.1 Å². The highest BCUT2D eigenvalue weighted by atomic mass is 32.2. The fourth-order valence-electron chi connectivity index (χ4n) is 2.55. The molecule has 0 atom stereocenters. The molecule has 0 unspecified atom stereocenters. The van der Waals surface area contributed by atoms with Crippen molar-refractivity contribution in [1.82, 2.24) is 19.8 Å². The molecule has 6 nitrogen and oxygen atoms in total. The lowest BCUT2D eigenvalue weighted by molar-refractivity contribution is 0.365. The lowest BCUT2D eigenvalue weighted by Crippen LogP contribution is -2.32. The van der Waals surface area contributed by atoms with Crippen LogP contribution in [0.25, 0.3) is 0 Å². The molecule has 114 valence electrons. The van der Waals surface area contributed by atoms with Crippen LogP contribution in [0.5, 0.6) is 0 Å². The molecular weight excluding hydrogens is 276 g/mol. The summed E-state index contributed by atoms with van der Waals surface area (Å²) in [5.74, 6) is 0.785. The third-order valence-corrected chi connectivity index (χ3v) is 5.30. The molecular formula is C13H24N4O2S. The van der Waals surface area contributed by atoms with Gasteiger partial charge in [0.25, 0.3) is 0 Å². The molecule has 0 spiro atoms. The average molecular weight is 300 g/mol. The molecule has 2 N–H and O–H groups in total. The molecule has 1 fully saturated rings. The third kappa shape index (κ3) is 4.88. The third-order valence-electron chi connectivity index (χ3n) is 3.88. The summed E-state index contributed by atoms with van der Waals surface area (Å²) in [7, 11) is -1.29. The molecule has 0 aromatic carbocycles. The summed E-state index contributed by atoms with van der Waals surface area (Å²) < 4.78 is 28.3. The molecule has 1 aromatic heterocycles. The van der Waals surface area contributed by atoms with Crippen molar-refractivity contribution >= 4 is 10.0 Å². The van der Waals surface area contributed by atoms with Crippen molar-refractivity contribution in [3.63, 3.8) is 0 Å². The largest absolute Gasteiger partial charge is 0.317 e. The van der Waals surface area contributed by atoms with Gasteiger partial charge < -0.3 is 5.32 Å². The zero-order chi connectivity index (χ0) is 14.4. The van der Waals surface area contributed by atoms with Gasteiger partial charge in [0, 0.05) is 31.9 Å². The van der Waals surface area contributed by atoms with E-state index in [1.165, 1.54) is 0 Å². The summed E-state index contributed by atoms with van der Waals surface area (Å²) in [6.45, 7) is 2.46. The predicted octanol–water partition coefficient (Wildman–Crippen LogP) is 0.272. The van der Waals surface area contributed by atoms with Gasteiger partial charge in [0.15, 0.2) is 0 Å². The Kier molecular flexibility index (Phi) is 5.56. The van der Waals surface area contributed by atoms with Crippen LogP contribution in [-0.4, -0.2) is 43.6 Å². The van der Waals surface area contributed by atoms with Crippen LogP contribution in [0.4, 0.5) is 0 Å². The molecule has 0 radical (unpaired) electrons. The molecule has 1 aliphatic heterocycles. The van der Waals surface area contributed by atoms with E-state index in [4.69, 9.17) is 0 Å². The van der Waals surface area contributed by atoms with Crippen molar-refractivity contribution in [1.29, 1.82) is 0 Å². The first kappa shape index (κ1) is 15.5. The van der Waals surface area contributed by atoms with Crippen LogP contribution in [-0.2, 0) is 23.5 Å². The number of aromatic nitrogens is 2. The zero-order valence-electron chi connectivity index (χ0n) is 12.0. The van der Waals surface area contributed by atoms with Gasteiger partial charge in [0.1, 0.15) is 0 Å². The molecule has 0 aliphatic carbocycles. The summed E-state index contributed by atoms with van der Waals surface area (Å²) in [6, 6.07) is 1.91. The second-order valence-corrected chi connectivity index (χ2v) is 7.32. The van der Waals surface area contributed by atoms with Gasteiger partial charge in [0.2, 0.25) is 10.0 Å². The van der Waals surface area contributed by atoms with E-state index in [0.29, 0.717) is 18.9 Å². The maximum Gasteiger partial charge on any atom is 0.211 e. The normalized spacial score (nSPS) is 17.4. The Morgan fingerprint density at radius 1 is 1.45 bits per heavy atom. The van der Waals surface area contributed by atoms with Crippen molar-refractivity contribution in [2.75, 3.05) is 25.4 Å². The van der Waals surface area contributed by atoms with Crippen LogP contribution < -0.4 is 10.0 Å². The lowest BCUT2D eigenvalue weighted by atomic mass is 9.96. The first-order valence-corrected chi connectivity index (χ1v) is 8.87. The fraction of sp³-hybridized carbons (Fsp3) is 0.769. The standard InChI is InChI=1S/C13H24N4O2S/c1-17-13(4-9-15-17)5-10-16-20(18,19)11-6-12-2-7-14-8-3-12/h4,9,12,14,16H,2-3,5-8,10-11H2,1H3. The molecule has 1 saturated heterocycles. The van der Waals surface area contributed by atoms with Crippen LogP contribution in [0, 0.1) is 5.92 Å². The van der Waals surface area contributed by atoms with Crippen LogP contribution in [0.2, 0.25) is 0 Å². The van der Waals surface area contributed by atoms with Crippen LogP contribution >= 0.6 is 0 Å². The maximum absolute atomic E-state index is 11.9. The van der Waals surface area contributed by atoms with Crippen molar-refractivity contribution in [3.8, 4) is 0 Å². The van der Waals surface area contributed by atoms with Gasteiger partial charge in [-0.15, -0.1) is 0 Å². The average Bonchev–Trinajstić information content (AvgIpc) is 2.83. The Morgan fingerprint density at radius 3 is 2.85 bits per heavy atom. The second kappa shape index (κ2) is 7.19. The molecule has 7 heteroatoms. The molecule has 0 bridgehead atoms. The van der Waals surface area contributed by atoms with E-state index >= 15 is 0 Å². The molecule has 2 heterocycles. The number of rotatable bonds is 7. The number of nitrogens with zero attached hydrogens (tertiary/aromatic N) is 2. The highest BCUT2D eigenvalue weighted by Gasteiger charge is 2.17. The quantitative estimate of drug-likeness (QED) is 0.758. The molecule has 0 saturated carbocycles. The van der Waals surface area contributed by atoms with Gasteiger partial charge in [-0.25, -0.2) is 13.1 Å². The van der Waals surface area contributed by atoms with E-state index < -0.39 is 10.0 Å². The second-order valence-electron chi connectivity index (χ2n) is 5.39. The van der Waals surface area contributed by atoms with Gasteiger partial charge in [-0.05, 0) is 44.3 Å². The Balaban J connectivity index is 1.69. The highest BCUT2D eigenvalue weighted by Crippen LogP contribution is 2.16. The van der Waals surface area contributed by atoms with E-state index in [-0.39, 0.29) is 5.75 Å².